The molecule has 0 bridgehead atoms. The summed E-state index contributed by atoms with van der Waals surface area (Å²) in [4.78, 5) is 26.6. The van der Waals surface area contributed by atoms with E-state index < -0.39 is 11.9 Å². The Hall–Kier alpha value is -2.41. The Morgan fingerprint density at radius 3 is 2.71 bits per heavy atom. The van der Waals surface area contributed by atoms with Crippen LogP contribution in [0, 0.1) is 0 Å². The van der Waals surface area contributed by atoms with Crippen LogP contribution in [-0.4, -0.2) is 29.1 Å². The number of nitrogens with one attached hydrogen (secondary N) is 1. The number of amides is 1. The first-order valence-corrected chi connectivity index (χ1v) is 6.64. The molecular formula is C14H11BrN2O4. The molecule has 2 rings (SSSR count). The third-order valence-corrected chi connectivity index (χ3v) is 3.06. The molecule has 0 aliphatic rings. The zero-order valence-corrected chi connectivity index (χ0v) is 12.5. The first-order chi connectivity index (χ1) is 9.99. The van der Waals surface area contributed by atoms with Gasteiger partial charge in [0.15, 0.2) is 0 Å². The van der Waals surface area contributed by atoms with Gasteiger partial charge in [-0.05, 0) is 24.3 Å². The molecule has 0 unspecified atom stereocenters. The van der Waals surface area contributed by atoms with Gasteiger partial charge in [0.1, 0.15) is 11.4 Å². The normalized spacial score (nSPS) is 10.0. The van der Waals surface area contributed by atoms with Gasteiger partial charge in [0.25, 0.3) is 5.91 Å². The average molecular weight is 351 g/mol. The van der Waals surface area contributed by atoms with Crippen LogP contribution in [0.4, 0.5) is 5.69 Å². The fourth-order valence-corrected chi connectivity index (χ4v) is 2.12. The molecule has 108 valence electrons. The number of carboxylic acid groups (broad SMARTS) is 1. The van der Waals surface area contributed by atoms with Crippen LogP contribution in [0.3, 0.4) is 0 Å². The molecule has 0 aliphatic heterocycles. The molecule has 6 nitrogen and oxygen atoms in total. The quantitative estimate of drug-likeness (QED) is 0.884. The Kier molecular flexibility index (Phi) is 4.54. The second-order valence-electron chi connectivity index (χ2n) is 4.07. The highest BCUT2D eigenvalue weighted by atomic mass is 79.9. The number of methoxy groups -OCH3 is 1. The zero-order chi connectivity index (χ0) is 15.4. The number of aromatic nitrogens is 1. The summed E-state index contributed by atoms with van der Waals surface area (Å²) < 4.78 is 5.85. The van der Waals surface area contributed by atoms with Gasteiger partial charge in [-0.3, -0.25) is 4.79 Å². The first kappa shape index (κ1) is 15.0. The minimum atomic E-state index is -1.19. The molecule has 1 aromatic carbocycles. The van der Waals surface area contributed by atoms with Crippen molar-refractivity contribution >= 4 is 33.5 Å². The minimum Gasteiger partial charge on any atom is -0.497 e. The molecule has 7 heteroatoms. The maximum atomic E-state index is 12.1. The Balaban J connectivity index is 2.23. The van der Waals surface area contributed by atoms with E-state index in [0.29, 0.717) is 11.4 Å². The Morgan fingerprint density at radius 2 is 2.05 bits per heavy atom. The fraction of sp³-hybridized carbons (Fsp3) is 0.0714. The summed E-state index contributed by atoms with van der Waals surface area (Å²) in [7, 11) is 1.52. The van der Waals surface area contributed by atoms with E-state index in [1.54, 1.807) is 18.2 Å². The fourth-order valence-electron chi connectivity index (χ4n) is 1.64. The van der Waals surface area contributed by atoms with Crippen molar-refractivity contribution < 1.29 is 19.4 Å². The molecule has 0 fully saturated rings. The number of carboxylic acids is 1. The lowest BCUT2D eigenvalue weighted by Crippen LogP contribution is -2.13. The standard InChI is InChI=1S/C14H11BrN2O4/c1-21-11-6-9(15)5-10(7-11)17-13(18)8-2-3-16-12(4-8)14(19)20/h2-7H,1H3,(H,17,18)(H,19,20). The average Bonchev–Trinajstić information content (AvgIpc) is 2.46. The number of aromatic carboxylic acids is 1. The number of rotatable bonds is 4. The van der Waals surface area contributed by atoms with Gasteiger partial charge in [-0.15, -0.1) is 0 Å². The highest BCUT2D eigenvalue weighted by Gasteiger charge is 2.11. The van der Waals surface area contributed by atoms with Gasteiger partial charge in [0.05, 0.1) is 7.11 Å². The van der Waals surface area contributed by atoms with E-state index in [0.717, 1.165) is 4.47 Å². The molecule has 0 spiro atoms. The second-order valence-corrected chi connectivity index (χ2v) is 4.98. The number of hydrogen-bond acceptors (Lipinski definition) is 4. The lowest BCUT2D eigenvalue weighted by Gasteiger charge is -2.08. The molecule has 0 saturated carbocycles. The molecule has 0 atom stereocenters. The SMILES string of the molecule is COc1cc(Br)cc(NC(=O)c2ccnc(C(=O)O)c2)c1. The molecule has 0 radical (unpaired) electrons. The van der Waals surface area contributed by atoms with Gasteiger partial charge in [0.2, 0.25) is 0 Å². The van der Waals surface area contributed by atoms with Crippen molar-refractivity contribution in [2.75, 3.05) is 12.4 Å². The number of pyridine rings is 1. The van der Waals surface area contributed by atoms with Crippen LogP contribution in [-0.2, 0) is 0 Å². The van der Waals surface area contributed by atoms with Gasteiger partial charge in [-0.1, -0.05) is 15.9 Å². The van der Waals surface area contributed by atoms with Crippen molar-refractivity contribution in [1.29, 1.82) is 0 Å². The first-order valence-electron chi connectivity index (χ1n) is 5.85. The Bertz CT molecular complexity index is 703. The molecule has 1 heterocycles. The van der Waals surface area contributed by atoms with Crippen LogP contribution < -0.4 is 10.1 Å². The number of nitrogens with zero attached hydrogens (tertiary/aromatic N) is 1. The largest absolute Gasteiger partial charge is 0.497 e. The van der Waals surface area contributed by atoms with E-state index in [9.17, 15) is 9.59 Å². The van der Waals surface area contributed by atoms with Crippen LogP contribution in [0.5, 0.6) is 5.75 Å². The van der Waals surface area contributed by atoms with Gasteiger partial charge in [-0.2, -0.15) is 0 Å². The number of halogens is 1. The maximum absolute atomic E-state index is 12.1. The molecule has 1 amide bonds. The summed E-state index contributed by atoms with van der Waals surface area (Å²) in [5, 5.41) is 11.5. The van der Waals surface area contributed by atoms with Crippen LogP contribution in [0.1, 0.15) is 20.8 Å². The van der Waals surface area contributed by atoms with Crippen LogP contribution in [0.2, 0.25) is 0 Å². The highest BCUT2D eigenvalue weighted by Crippen LogP contribution is 2.24. The molecule has 2 N–H and O–H groups in total. The Labute approximate surface area is 128 Å². The maximum Gasteiger partial charge on any atom is 0.354 e. The van der Waals surface area contributed by atoms with E-state index in [1.807, 2.05) is 0 Å². The molecular weight excluding hydrogens is 340 g/mol. The van der Waals surface area contributed by atoms with Crippen LogP contribution in [0.15, 0.2) is 41.0 Å². The molecule has 0 saturated heterocycles. The smallest absolute Gasteiger partial charge is 0.354 e. The predicted octanol–water partition coefficient (Wildman–Crippen LogP) is 2.80. The van der Waals surface area contributed by atoms with Gasteiger partial charge >= 0.3 is 5.97 Å². The van der Waals surface area contributed by atoms with Crippen molar-refractivity contribution in [2.24, 2.45) is 0 Å². The minimum absolute atomic E-state index is 0.186. The van der Waals surface area contributed by atoms with E-state index >= 15 is 0 Å². The van der Waals surface area contributed by atoms with Crippen molar-refractivity contribution in [3.8, 4) is 5.75 Å². The lowest BCUT2D eigenvalue weighted by atomic mass is 10.2. The van der Waals surface area contributed by atoms with Crippen LogP contribution in [0.25, 0.3) is 0 Å². The highest BCUT2D eigenvalue weighted by molar-refractivity contribution is 9.10. The number of benzene rings is 1. The number of carbonyl (C=O) groups is 2. The molecule has 21 heavy (non-hydrogen) atoms. The predicted molar refractivity (Wildman–Crippen MR) is 79.8 cm³/mol. The third-order valence-electron chi connectivity index (χ3n) is 2.61. The number of ether oxygens (including phenoxy) is 1. The zero-order valence-electron chi connectivity index (χ0n) is 11.0. The Morgan fingerprint density at radius 1 is 1.29 bits per heavy atom. The second kappa shape index (κ2) is 6.36. The molecule has 0 aliphatic carbocycles. The van der Waals surface area contributed by atoms with Crippen LogP contribution >= 0.6 is 15.9 Å². The summed E-state index contributed by atoms with van der Waals surface area (Å²) in [5.41, 5.74) is 0.552. The number of anilines is 1. The van der Waals surface area contributed by atoms with E-state index in [2.05, 4.69) is 26.2 Å². The topological polar surface area (TPSA) is 88.5 Å². The summed E-state index contributed by atoms with van der Waals surface area (Å²) >= 11 is 3.31. The summed E-state index contributed by atoms with van der Waals surface area (Å²) in [5.74, 6) is -1.03. The van der Waals surface area contributed by atoms with Crippen molar-refractivity contribution in [3.05, 3.63) is 52.3 Å². The summed E-state index contributed by atoms with van der Waals surface area (Å²) in [6.45, 7) is 0. The van der Waals surface area contributed by atoms with E-state index in [1.165, 1.54) is 25.4 Å². The number of hydrogen-bond donors (Lipinski definition) is 2. The van der Waals surface area contributed by atoms with Crippen molar-refractivity contribution in [1.82, 2.24) is 4.98 Å². The number of carbonyl (C=O) groups excluding carboxylic acids is 1. The molecule has 2 aromatic rings. The van der Waals surface area contributed by atoms with Gasteiger partial charge in [-0.25, -0.2) is 9.78 Å². The van der Waals surface area contributed by atoms with E-state index in [-0.39, 0.29) is 11.3 Å². The monoisotopic (exact) mass is 350 g/mol. The lowest BCUT2D eigenvalue weighted by molar-refractivity contribution is 0.0690. The van der Waals surface area contributed by atoms with E-state index in [4.69, 9.17) is 9.84 Å². The third kappa shape index (κ3) is 3.79. The van der Waals surface area contributed by atoms with Gasteiger partial charge in [0, 0.05) is 28.0 Å². The summed E-state index contributed by atoms with van der Waals surface area (Å²) in [6.07, 6.45) is 1.28. The van der Waals surface area contributed by atoms with Gasteiger partial charge < -0.3 is 15.2 Å². The summed E-state index contributed by atoms with van der Waals surface area (Å²) in [6, 6.07) is 7.77. The van der Waals surface area contributed by atoms with Crippen molar-refractivity contribution in [3.63, 3.8) is 0 Å². The van der Waals surface area contributed by atoms with Crippen molar-refractivity contribution in [2.45, 2.75) is 0 Å². The molecule has 1 aromatic heterocycles.